The predicted octanol–water partition coefficient (Wildman–Crippen LogP) is 4.57. The van der Waals surface area contributed by atoms with E-state index in [1.807, 2.05) is 37.3 Å². The first-order valence-corrected chi connectivity index (χ1v) is 11.7. The highest BCUT2D eigenvalue weighted by Crippen LogP contribution is 2.45. The fourth-order valence-electron chi connectivity index (χ4n) is 4.69. The molecule has 2 fully saturated rings. The Balaban J connectivity index is 1.61. The van der Waals surface area contributed by atoms with Gasteiger partial charge in [0.25, 0.3) is 11.8 Å². The number of hydrazine groups is 1. The molecule has 0 saturated carbocycles. The molecule has 0 bridgehead atoms. The van der Waals surface area contributed by atoms with Crippen molar-refractivity contribution < 1.29 is 19.1 Å². The molecule has 2 heterocycles. The lowest BCUT2D eigenvalue weighted by Crippen LogP contribution is -2.48. The van der Waals surface area contributed by atoms with Crippen LogP contribution in [-0.4, -0.2) is 35.9 Å². The number of hydrogen-bond donors (Lipinski definition) is 1. The molecule has 7 nitrogen and oxygen atoms in total. The van der Waals surface area contributed by atoms with E-state index in [9.17, 15) is 14.4 Å². The normalized spacial score (nSPS) is 21.4. The van der Waals surface area contributed by atoms with Crippen LogP contribution in [0.3, 0.4) is 0 Å². The van der Waals surface area contributed by atoms with Gasteiger partial charge in [0, 0.05) is 16.1 Å². The van der Waals surface area contributed by atoms with E-state index in [1.165, 1.54) is 24.3 Å². The number of nitrogens with zero attached hydrogens (tertiary/aromatic N) is 2. The van der Waals surface area contributed by atoms with Gasteiger partial charge in [-0.25, -0.2) is 10.3 Å². The third-order valence-electron chi connectivity index (χ3n) is 6.38. The SMILES string of the molecule is COc1ccccc1[C@@H]1NN(C(=O)c2ccc(C)cc2)[C@H]2C(=O)N(c3ccc(Cl)cc3Cl)C(=O)[C@@H]12. The number of para-hydroxylation sites is 1. The Hall–Kier alpha value is -3.39. The fraction of sp³-hybridized carbons (Fsp3) is 0.192. The third-order valence-corrected chi connectivity index (χ3v) is 6.91. The quantitative estimate of drug-likeness (QED) is 0.521. The molecule has 2 aliphatic rings. The number of ether oxygens (including phenoxy) is 1. The zero-order valence-corrected chi connectivity index (χ0v) is 20.4. The number of fused-ring (bicyclic) bond motifs is 1. The summed E-state index contributed by atoms with van der Waals surface area (Å²) in [6.07, 6.45) is 0. The molecule has 5 rings (SSSR count). The molecular weight excluding hydrogens is 489 g/mol. The van der Waals surface area contributed by atoms with Crippen LogP contribution in [0.4, 0.5) is 5.69 Å². The Morgan fingerprint density at radius 3 is 2.37 bits per heavy atom. The summed E-state index contributed by atoms with van der Waals surface area (Å²) in [7, 11) is 1.53. The summed E-state index contributed by atoms with van der Waals surface area (Å²) in [5, 5.41) is 1.80. The zero-order chi connectivity index (χ0) is 24.9. The zero-order valence-electron chi connectivity index (χ0n) is 18.9. The molecule has 2 saturated heterocycles. The average molecular weight is 510 g/mol. The number of imide groups is 1. The van der Waals surface area contributed by atoms with E-state index in [-0.39, 0.29) is 10.7 Å². The van der Waals surface area contributed by atoms with Crippen molar-refractivity contribution in [1.82, 2.24) is 10.4 Å². The highest BCUT2D eigenvalue weighted by Gasteiger charge is 2.61. The number of aryl methyl sites for hydroxylation is 1. The summed E-state index contributed by atoms with van der Waals surface area (Å²) in [5.74, 6) is -1.78. The summed E-state index contributed by atoms with van der Waals surface area (Å²) in [6.45, 7) is 1.92. The Bertz CT molecular complexity index is 1340. The van der Waals surface area contributed by atoms with Crippen molar-refractivity contribution >= 4 is 46.6 Å². The van der Waals surface area contributed by atoms with Crippen LogP contribution in [0, 0.1) is 12.8 Å². The topological polar surface area (TPSA) is 79.0 Å². The van der Waals surface area contributed by atoms with E-state index in [1.54, 1.807) is 24.3 Å². The summed E-state index contributed by atoms with van der Waals surface area (Å²) < 4.78 is 5.52. The molecule has 3 amide bonds. The highest BCUT2D eigenvalue weighted by atomic mass is 35.5. The molecule has 35 heavy (non-hydrogen) atoms. The number of hydrogen-bond acceptors (Lipinski definition) is 5. The molecule has 9 heteroatoms. The Labute approximate surface area is 212 Å². The van der Waals surface area contributed by atoms with Crippen molar-refractivity contribution in [3.63, 3.8) is 0 Å². The second-order valence-corrected chi connectivity index (χ2v) is 9.31. The molecule has 1 N–H and O–H groups in total. The largest absolute Gasteiger partial charge is 0.496 e. The Morgan fingerprint density at radius 2 is 1.69 bits per heavy atom. The van der Waals surface area contributed by atoms with Crippen molar-refractivity contribution in [1.29, 1.82) is 0 Å². The van der Waals surface area contributed by atoms with Gasteiger partial charge in [0.15, 0.2) is 0 Å². The number of carbonyl (C=O) groups is 3. The predicted molar refractivity (Wildman–Crippen MR) is 132 cm³/mol. The molecular formula is C26H21Cl2N3O4. The van der Waals surface area contributed by atoms with E-state index < -0.39 is 35.7 Å². The molecule has 3 atom stereocenters. The standard InChI is InChI=1S/C26H21Cl2N3O4/c1-14-7-9-15(10-8-14)24(32)31-23-21(22(29-31)17-5-3-4-6-20(17)35-2)25(33)30(26(23)34)19-12-11-16(27)13-18(19)28/h3-13,21-23,29H,1-2H3/t21-,22-,23+/m0/s1. The van der Waals surface area contributed by atoms with Gasteiger partial charge in [-0.05, 0) is 43.3 Å². The maximum absolute atomic E-state index is 13.8. The van der Waals surface area contributed by atoms with Gasteiger partial charge in [-0.15, -0.1) is 0 Å². The first-order valence-electron chi connectivity index (χ1n) is 10.9. The minimum atomic E-state index is -1.07. The maximum atomic E-state index is 13.8. The van der Waals surface area contributed by atoms with Crippen LogP contribution in [0.1, 0.15) is 27.5 Å². The molecule has 178 valence electrons. The number of rotatable bonds is 4. The van der Waals surface area contributed by atoms with Crippen molar-refractivity contribution in [2.45, 2.75) is 19.0 Å². The number of anilines is 1. The van der Waals surface area contributed by atoms with E-state index in [2.05, 4.69) is 5.43 Å². The van der Waals surface area contributed by atoms with Gasteiger partial charge < -0.3 is 4.74 Å². The summed E-state index contributed by atoms with van der Waals surface area (Å²) >= 11 is 12.4. The lowest BCUT2D eigenvalue weighted by atomic mass is 9.90. The second kappa shape index (κ2) is 9.00. The smallest absolute Gasteiger partial charge is 0.268 e. The van der Waals surface area contributed by atoms with E-state index >= 15 is 0 Å². The number of nitrogens with one attached hydrogen (secondary N) is 1. The Kier molecular flexibility index (Phi) is 6.01. The van der Waals surface area contributed by atoms with Crippen molar-refractivity contribution in [2.75, 3.05) is 12.0 Å². The molecule has 2 aliphatic heterocycles. The maximum Gasteiger partial charge on any atom is 0.268 e. The minimum absolute atomic E-state index is 0.164. The van der Waals surface area contributed by atoms with Crippen LogP contribution in [0.25, 0.3) is 0 Å². The third kappa shape index (κ3) is 3.86. The number of carbonyl (C=O) groups excluding carboxylic acids is 3. The van der Waals surface area contributed by atoms with E-state index in [0.29, 0.717) is 21.9 Å². The number of methoxy groups -OCH3 is 1. The van der Waals surface area contributed by atoms with Gasteiger partial charge in [0.1, 0.15) is 11.8 Å². The van der Waals surface area contributed by atoms with Crippen LogP contribution < -0.4 is 15.1 Å². The van der Waals surface area contributed by atoms with Gasteiger partial charge >= 0.3 is 0 Å². The molecule has 3 aromatic carbocycles. The van der Waals surface area contributed by atoms with E-state index in [4.69, 9.17) is 27.9 Å². The lowest BCUT2D eigenvalue weighted by Gasteiger charge is -2.26. The van der Waals surface area contributed by atoms with Gasteiger partial charge in [-0.3, -0.25) is 19.4 Å². The van der Waals surface area contributed by atoms with Crippen molar-refractivity contribution in [3.8, 4) is 5.75 Å². The summed E-state index contributed by atoms with van der Waals surface area (Å²) in [6, 6.07) is 17.0. The second-order valence-electron chi connectivity index (χ2n) is 8.47. The van der Waals surface area contributed by atoms with Crippen molar-refractivity contribution in [3.05, 3.63) is 93.5 Å². The first-order chi connectivity index (χ1) is 16.8. The molecule has 0 unspecified atom stereocenters. The summed E-state index contributed by atoms with van der Waals surface area (Å²) in [4.78, 5) is 42.1. The lowest BCUT2D eigenvalue weighted by molar-refractivity contribution is -0.123. The average Bonchev–Trinajstić information content (AvgIpc) is 3.36. The number of halogens is 2. The van der Waals surface area contributed by atoms with Crippen LogP contribution in [-0.2, 0) is 9.59 Å². The fourth-order valence-corrected chi connectivity index (χ4v) is 5.18. The minimum Gasteiger partial charge on any atom is -0.496 e. The molecule has 0 aliphatic carbocycles. The van der Waals surface area contributed by atoms with Gasteiger partial charge in [-0.2, -0.15) is 0 Å². The van der Waals surface area contributed by atoms with Crippen LogP contribution in [0.15, 0.2) is 66.7 Å². The number of benzene rings is 3. The molecule has 0 spiro atoms. The van der Waals surface area contributed by atoms with Crippen molar-refractivity contribution in [2.24, 2.45) is 5.92 Å². The molecule has 0 aromatic heterocycles. The monoisotopic (exact) mass is 509 g/mol. The van der Waals surface area contributed by atoms with Gasteiger partial charge in [-0.1, -0.05) is 59.1 Å². The van der Waals surface area contributed by atoms with Gasteiger partial charge in [0.2, 0.25) is 5.91 Å². The van der Waals surface area contributed by atoms with Crippen LogP contribution in [0.5, 0.6) is 5.75 Å². The number of amides is 3. The Morgan fingerprint density at radius 1 is 0.971 bits per heavy atom. The molecule has 0 radical (unpaired) electrons. The van der Waals surface area contributed by atoms with Gasteiger partial charge in [0.05, 0.1) is 29.8 Å². The van der Waals surface area contributed by atoms with Crippen LogP contribution >= 0.6 is 23.2 Å². The summed E-state index contributed by atoms with van der Waals surface area (Å²) in [5.41, 5.74) is 5.41. The van der Waals surface area contributed by atoms with Crippen LogP contribution in [0.2, 0.25) is 10.0 Å². The molecule has 3 aromatic rings. The van der Waals surface area contributed by atoms with E-state index in [0.717, 1.165) is 10.5 Å². The first kappa shape index (κ1) is 23.4. The highest BCUT2D eigenvalue weighted by molar-refractivity contribution is 6.38.